The fourth-order valence-electron chi connectivity index (χ4n) is 3.32. The second kappa shape index (κ2) is 6.40. The molecule has 1 aromatic heterocycles. The summed E-state index contributed by atoms with van der Waals surface area (Å²) < 4.78 is 7.78. The van der Waals surface area contributed by atoms with E-state index in [-0.39, 0.29) is 12.0 Å². The smallest absolute Gasteiger partial charge is 0.228 e. The highest BCUT2D eigenvalue weighted by Crippen LogP contribution is 2.32. The van der Waals surface area contributed by atoms with Crippen LogP contribution in [0.15, 0.2) is 30.5 Å². The van der Waals surface area contributed by atoms with E-state index < -0.39 is 0 Å². The monoisotopic (exact) mass is 325 g/mol. The van der Waals surface area contributed by atoms with Crippen LogP contribution in [-0.4, -0.2) is 22.3 Å². The van der Waals surface area contributed by atoms with E-state index in [1.165, 1.54) is 18.4 Å². The third-order valence-corrected chi connectivity index (χ3v) is 4.87. The van der Waals surface area contributed by atoms with Crippen LogP contribution in [0.25, 0.3) is 0 Å². The predicted octanol–water partition coefficient (Wildman–Crippen LogP) is 3.24. The van der Waals surface area contributed by atoms with Gasteiger partial charge in [-0.25, -0.2) is 4.68 Å². The molecule has 0 unspecified atom stereocenters. The van der Waals surface area contributed by atoms with Gasteiger partial charge in [0.25, 0.3) is 0 Å². The highest BCUT2D eigenvalue weighted by atomic mass is 16.5. The summed E-state index contributed by atoms with van der Waals surface area (Å²) >= 11 is 0. The Labute approximate surface area is 142 Å². The summed E-state index contributed by atoms with van der Waals surface area (Å²) in [6.07, 6.45) is 5.45. The molecule has 1 aromatic carbocycles. The number of nitrogens with one attached hydrogen (secondary N) is 1. The molecule has 1 aliphatic carbocycles. The number of hydrogen-bond acceptors (Lipinski definition) is 3. The number of hydrogen-bond donors (Lipinski definition) is 1. The molecule has 0 bridgehead atoms. The van der Waals surface area contributed by atoms with Crippen LogP contribution in [0.3, 0.4) is 0 Å². The summed E-state index contributed by atoms with van der Waals surface area (Å²) in [6, 6.07) is 8.24. The quantitative estimate of drug-likeness (QED) is 0.918. The maximum Gasteiger partial charge on any atom is 0.228 e. The lowest BCUT2D eigenvalue weighted by atomic mass is 9.95. The van der Waals surface area contributed by atoms with Crippen molar-refractivity contribution >= 4 is 11.7 Å². The summed E-state index contributed by atoms with van der Waals surface area (Å²) in [5.41, 5.74) is 3.44. The van der Waals surface area contributed by atoms with Gasteiger partial charge in [-0.05, 0) is 43.2 Å². The van der Waals surface area contributed by atoms with Crippen LogP contribution in [0.5, 0.6) is 0 Å². The average molecular weight is 325 g/mol. The first-order valence-electron chi connectivity index (χ1n) is 8.72. The molecule has 0 saturated heterocycles. The van der Waals surface area contributed by atoms with Gasteiger partial charge >= 0.3 is 0 Å². The van der Waals surface area contributed by atoms with Gasteiger partial charge in [-0.2, -0.15) is 5.10 Å². The Balaban J connectivity index is 1.45. The van der Waals surface area contributed by atoms with Gasteiger partial charge in [0.1, 0.15) is 5.82 Å². The lowest BCUT2D eigenvalue weighted by molar-refractivity contribution is -0.119. The van der Waals surface area contributed by atoms with Gasteiger partial charge in [0.05, 0.1) is 25.3 Å². The van der Waals surface area contributed by atoms with Gasteiger partial charge < -0.3 is 10.1 Å². The molecule has 1 atom stereocenters. The highest BCUT2D eigenvalue weighted by Gasteiger charge is 2.26. The molecule has 126 valence electrons. The normalized spacial score (nSPS) is 19.8. The van der Waals surface area contributed by atoms with Crippen molar-refractivity contribution in [2.45, 2.75) is 45.3 Å². The molecule has 1 N–H and O–H groups in total. The maximum atomic E-state index is 12.6. The van der Waals surface area contributed by atoms with Crippen LogP contribution in [0.2, 0.25) is 0 Å². The fraction of sp³-hybridized carbons (Fsp3) is 0.474. The van der Waals surface area contributed by atoms with Crippen molar-refractivity contribution < 1.29 is 9.53 Å². The maximum absolute atomic E-state index is 12.6. The van der Waals surface area contributed by atoms with Crippen LogP contribution in [0.1, 0.15) is 42.1 Å². The number of amides is 1. The molecule has 1 saturated carbocycles. The Morgan fingerprint density at radius 2 is 2.21 bits per heavy atom. The van der Waals surface area contributed by atoms with Crippen molar-refractivity contribution in [3.8, 4) is 0 Å². The van der Waals surface area contributed by atoms with Gasteiger partial charge in [-0.15, -0.1) is 0 Å². The summed E-state index contributed by atoms with van der Waals surface area (Å²) in [4.78, 5) is 12.6. The first kappa shape index (κ1) is 15.4. The molecule has 24 heavy (non-hydrogen) atoms. The van der Waals surface area contributed by atoms with Crippen molar-refractivity contribution in [1.82, 2.24) is 9.78 Å². The minimum Gasteiger partial charge on any atom is -0.373 e. The summed E-state index contributed by atoms with van der Waals surface area (Å²) in [6.45, 7) is 3.55. The van der Waals surface area contributed by atoms with Crippen LogP contribution in [0.4, 0.5) is 5.82 Å². The number of nitrogens with zero attached hydrogens (tertiary/aromatic N) is 2. The van der Waals surface area contributed by atoms with E-state index in [0.29, 0.717) is 18.9 Å². The van der Waals surface area contributed by atoms with E-state index in [4.69, 9.17) is 4.74 Å². The highest BCUT2D eigenvalue weighted by molar-refractivity contribution is 5.91. The molecule has 1 aliphatic heterocycles. The Morgan fingerprint density at radius 1 is 1.38 bits per heavy atom. The molecule has 5 heteroatoms. The fourth-order valence-corrected chi connectivity index (χ4v) is 3.32. The number of aromatic nitrogens is 2. The van der Waals surface area contributed by atoms with Crippen LogP contribution in [0, 0.1) is 12.8 Å². The van der Waals surface area contributed by atoms with Gasteiger partial charge in [0.2, 0.25) is 5.91 Å². The van der Waals surface area contributed by atoms with Gasteiger partial charge in [0, 0.05) is 12.1 Å². The molecule has 2 heterocycles. The molecule has 1 amide bonds. The van der Waals surface area contributed by atoms with Crippen molar-refractivity contribution in [2.24, 2.45) is 5.92 Å². The average Bonchev–Trinajstić information content (AvgIpc) is 3.34. The summed E-state index contributed by atoms with van der Waals surface area (Å²) in [5.74, 6) is 1.53. The molecule has 2 aliphatic rings. The zero-order valence-electron chi connectivity index (χ0n) is 14.0. The van der Waals surface area contributed by atoms with Crippen LogP contribution in [-0.2, 0) is 22.5 Å². The molecule has 1 fully saturated rings. The number of fused-ring (bicyclic) bond motifs is 1. The van der Waals surface area contributed by atoms with Gasteiger partial charge in [-0.1, -0.05) is 24.3 Å². The first-order valence-corrected chi connectivity index (χ1v) is 8.72. The Hall–Kier alpha value is -2.14. The number of anilines is 1. The number of ether oxygens (including phenoxy) is 1. The van der Waals surface area contributed by atoms with Crippen LogP contribution < -0.4 is 5.32 Å². The summed E-state index contributed by atoms with van der Waals surface area (Å²) in [7, 11) is 0. The van der Waals surface area contributed by atoms with E-state index in [0.717, 1.165) is 29.9 Å². The van der Waals surface area contributed by atoms with Gasteiger partial charge in [0.15, 0.2) is 0 Å². The standard InChI is InChI=1S/C19H23N3O2/c1-13-11-20-22(12-14-6-7-14)19(13)21-18(23)10-17-16-5-3-2-4-15(16)8-9-24-17/h2-5,11,14,17H,6-10,12H2,1H3,(H,21,23)/t17-/m0/s1. The molecular formula is C19H23N3O2. The molecular weight excluding hydrogens is 302 g/mol. The van der Waals surface area contributed by atoms with Crippen molar-refractivity contribution in [3.05, 3.63) is 47.2 Å². The predicted molar refractivity (Wildman–Crippen MR) is 91.8 cm³/mol. The van der Waals surface area contributed by atoms with Gasteiger partial charge in [-0.3, -0.25) is 4.79 Å². The molecule has 4 rings (SSSR count). The molecule has 0 spiro atoms. The second-order valence-corrected chi connectivity index (χ2v) is 6.86. The van der Waals surface area contributed by atoms with E-state index in [1.54, 1.807) is 0 Å². The molecule has 0 radical (unpaired) electrons. The number of aryl methyl sites for hydroxylation is 1. The number of carbonyl (C=O) groups excluding carboxylic acids is 1. The first-order chi connectivity index (χ1) is 11.7. The van der Waals surface area contributed by atoms with Crippen molar-refractivity contribution in [1.29, 1.82) is 0 Å². The minimum atomic E-state index is -0.157. The van der Waals surface area contributed by atoms with Crippen molar-refractivity contribution in [2.75, 3.05) is 11.9 Å². The zero-order valence-corrected chi connectivity index (χ0v) is 14.0. The number of carbonyl (C=O) groups is 1. The largest absolute Gasteiger partial charge is 0.373 e. The Morgan fingerprint density at radius 3 is 3.04 bits per heavy atom. The topological polar surface area (TPSA) is 56.2 Å². The Kier molecular flexibility index (Phi) is 4.10. The lowest BCUT2D eigenvalue weighted by Gasteiger charge is -2.25. The van der Waals surface area contributed by atoms with Crippen LogP contribution >= 0.6 is 0 Å². The lowest BCUT2D eigenvalue weighted by Crippen LogP contribution is -2.23. The third kappa shape index (κ3) is 3.22. The number of benzene rings is 1. The summed E-state index contributed by atoms with van der Waals surface area (Å²) in [5, 5.41) is 7.45. The van der Waals surface area contributed by atoms with Crippen molar-refractivity contribution in [3.63, 3.8) is 0 Å². The third-order valence-electron chi connectivity index (χ3n) is 4.87. The Bertz CT molecular complexity index is 749. The SMILES string of the molecule is Cc1cnn(CC2CC2)c1NC(=O)C[C@@H]1OCCc2ccccc21. The zero-order chi connectivity index (χ0) is 16.5. The molecule has 5 nitrogen and oxygen atoms in total. The second-order valence-electron chi connectivity index (χ2n) is 6.86. The molecule has 2 aromatic rings. The van der Waals surface area contributed by atoms with E-state index in [9.17, 15) is 4.79 Å². The van der Waals surface area contributed by atoms with E-state index in [1.807, 2.05) is 29.9 Å². The van der Waals surface area contributed by atoms with E-state index >= 15 is 0 Å². The van der Waals surface area contributed by atoms with E-state index in [2.05, 4.69) is 22.5 Å². The number of rotatable bonds is 5. The minimum absolute atomic E-state index is 0.0163.